The van der Waals surface area contributed by atoms with E-state index in [0.717, 1.165) is 0 Å². The van der Waals surface area contributed by atoms with Crippen LogP contribution in [-0.4, -0.2) is 36.6 Å². The highest BCUT2D eigenvalue weighted by Crippen LogP contribution is 1.89. The van der Waals surface area contributed by atoms with Crippen molar-refractivity contribution in [3.8, 4) is 0 Å². The number of aliphatic hydroxyl groups excluding tert-OH is 2. The van der Waals surface area contributed by atoms with Crippen molar-refractivity contribution in [1.29, 1.82) is 0 Å². The Bertz CT molecular complexity index is 119. The highest BCUT2D eigenvalue weighted by molar-refractivity contribution is 4.77. The molecule has 0 spiro atoms. The summed E-state index contributed by atoms with van der Waals surface area (Å²) in [4.78, 5) is 0. The molecule has 0 fully saturated rings. The molecule has 0 bridgehead atoms. The SMILES string of the molecule is C1=COC=CO1.OCCOCCO. The molecule has 0 amide bonds. The van der Waals surface area contributed by atoms with Crippen molar-refractivity contribution in [1.82, 2.24) is 0 Å². The fraction of sp³-hybridized carbons (Fsp3) is 0.500. The first-order valence-electron chi connectivity index (χ1n) is 3.82. The summed E-state index contributed by atoms with van der Waals surface area (Å²) in [7, 11) is 0. The number of hydrogen-bond donors (Lipinski definition) is 2. The van der Waals surface area contributed by atoms with Crippen molar-refractivity contribution in [2.45, 2.75) is 0 Å². The Morgan fingerprint density at radius 2 is 1.23 bits per heavy atom. The van der Waals surface area contributed by atoms with E-state index in [0.29, 0.717) is 13.2 Å². The summed E-state index contributed by atoms with van der Waals surface area (Å²) in [5.74, 6) is 0. The Kier molecular flexibility index (Phi) is 10.1. The van der Waals surface area contributed by atoms with Crippen LogP contribution in [0.1, 0.15) is 0 Å². The van der Waals surface area contributed by atoms with E-state index < -0.39 is 0 Å². The van der Waals surface area contributed by atoms with Crippen LogP contribution in [0, 0.1) is 0 Å². The molecule has 1 aliphatic heterocycles. The molecule has 0 aliphatic carbocycles. The van der Waals surface area contributed by atoms with E-state index in [1.807, 2.05) is 0 Å². The topological polar surface area (TPSA) is 68.2 Å². The molecule has 0 aromatic carbocycles. The van der Waals surface area contributed by atoms with Gasteiger partial charge in [0.1, 0.15) is 25.0 Å². The molecule has 1 rings (SSSR count). The van der Waals surface area contributed by atoms with E-state index >= 15 is 0 Å². The van der Waals surface area contributed by atoms with E-state index in [9.17, 15) is 0 Å². The molecule has 0 unspecified atom stereocenters. The fourth-order valence-electron chi connectivity index (χ4n) is 0.450. The standard InChI is InChI=1S/C4H10O3.C4H4O2/c5-1-3-7-4-2-6;1-2-6-4-3-5-1/h5-6H,1-4H2;1-4H. The van der Waals surface area contributed by atoms with Crippen LogP contribution in [0.5, 0.6) is 0 Å². The van der Waals surface area contributed by atoms with Crippen molar-refractivity contribution in [3.05, 3.63) is 25.0 Å². The van der Waals surface area contributed by atoms with Gasteiger partial charge < -0.3 is 24.4 Å². The second kappa shape index (κ2) is 11.0. The molecule has 0 saturated carbocycles. The first-order chi connectivity index (χ1) is 6.41. The predicted molar refractivity (Wildman–Crippen MR) is 45.4 cm³/mol. The van der Waals surface area contributed by atoms with Gasteiger partial charge in [-0.05, 0) is 0 Å². The van der Waals surface area contributed by atoms with Crippen LogP contribution in [0.2, 0.25) is 0 Å². The van der Waals surface area contributed by atoms with Crippen LogP contribution in [0.25, 0.3) is 0 Å². The Morgan fingerprint density at radius 3 is 1.46 bits per heavy atom. The first kappa shape index (κ1) is 12.0. The van der Waals surface area contributed by atoms with Gasteiger partial charge in [-0.25, -0.2) is 0 Å². The Morgan fingerprint density at radius 1 is 0.846 bits per heavy atom. The van der Waals surface area contributed by atoms with Crippen molar-refractivity contribution in [2.75, 3.05) is 26.4 Å². The van der Waals surface area contributed by atoms with Gasteiger partial charge in [-0.3, -0.25) is 0 Å². The van der Waals surface area contributed by atoms with Gasteiger partial charge in [-0.15, -0.1) is 0 Å². The number of ether oxygens (including phenoxy) is 3. The predicted octanol–water partition coefficient (Wildman–Crippen LogP) is -0.0368. The van der Waals surface area contributed by atoms with E-state index in [-0.39, 0.29) is 13.2 Å². The van der Waals surface area contributed by atoms with Gasteiger partial charge in [0.25, 0.3) is 0 Å². The summed E-state index contributed by atoms with van der Waals surface area (Å²) < 4.78 is 13.8. The third-order valence-electron chi connectivity index (χ3n) is 0.897. The van der Waals surface area contributed by atoms with Crippen LogP contribution in [0.4, 0.5) is 0 Å². The molecule has 0 atom stereocenters. The molecule has 5 nitrogen and oxygen atoms in total. The molecule has 1 aliphatic rings. The lowest BCUT2D eigenvalue weighted by Gasteiger charge is -1.94. The maximum atomic E-state index is 8.09. The van der Waals surface area contributed by atoms with Crippen molar-refractivity contribution in [2.24, 2.45) is 0 Å². The molecule has 0 aromatic rings. The number of hydrogen-bond acceptors (Lipinski definition) is 5. The van der Waals surface area contributed by atoms with Gasteiger partial charge in [0, 0.05) is 0 Å². The summed E-state index contributed by atoms with van der Waals surface area (Å²) in [6.45, 7) is 0.696. The smallest absolute Gasteiger partial charge is 0.125 e. The molecule has 76 valence electrons. The van der Waals surface area contributed by atoms with Crippen LogP contribution in [0.3, 0.4) is 0 Å². The monoisotopic (exact) mass is 190 g/mol. The zero-order valence-electron chi connectivity index (χ0n) is 7.26. The number of aliphatic hydroxyl groups is 2. The van der Waals surface area contributed by atoms with Crippen LogP contribution >= 0.6 is 0 Å². The van der Waals surface area contributed by atoms with Gasteiger partial charge in [-0.1, -0.05) is 0 Å². The minimum Gasteiger partial charge on any atom is -0.466 e. The van der Waals surface area contributed by atoms with E-state index in [2.05, 4.69) is 14.2 Å². The fourth-order valence-corrected chi connectivity index (χ4v) is 0.450. The maximum absolute atomic E-state index is 8.09. The van der Waals surface area contributed by atoms with Gasteiger partial charge in [0.15, 0.2) is 0 Å². The third-order valence-corrected chi connectivity index (χ3v) is 0.897. The molecule has 0 aromatic heterocycles. The second-order valence-corrected chi connectivity index (χ2v) is 1.88. The zero-order chi connectivity index (χ0) is 9.78. The lowest BCUT2D eigenvalue weighted by Crippen LogP contribution is -2.03. The molecular formula is C8H14O5. The summed E-state index contributed by atoms with van der Waals surface area (Å²) in [6.07, 6.45) is 5.83. The first-order valence-corrected chi connectivity index (χ1v) is 3.82. The largest absolute Gasteiger partial charge is 0.466 e. The molecular weight excluding hydrogens is 176 g/mol. The molecule has 1 heterocycles. The van der Waals surface area contributed by atoms with Crippen molar-refractivity contribution >= 4 is 0 Å². The van der Waals surface area contributed by atoms with E-state index in [1.165, 1.54) is 25.0 Å². The van der Waals surface area contributed by atoms with E-state index in [1.54, 1.807) is 0 Å². The summed E-state index contributed by atoms with van der Waals surface area (Å²) in [5.41, 5.74) is 0. The molecule has 2 N–H and O–H groups in total. The van der Waals surface area contributed by atoms with Crippen LogP contribution in [-0.2, 0) is 14.2 Å². The second-order valence-electron chi connectivity index (χ2n) is 1.88. The molecule has 5 heteroatoms. The highest BCUT2D eigenvalue weighted by Gasteiger charge is 1.79. The minimum atomic E-state index is 0.0278. The maximum Gasteiger partial charge on any atom is 0.125 e. The lowest BCUT2D eigenvalue weighted by atomic mass is 10.7. The highest BCUT2D eigenvalue weighted by atomic mass is 16.5. The summed E-state index contributed by atoms with van der Waals surface area (Å²) in [5, 5.41) is 16.2. The van der Waals surface area contributed by atoms with Crippen molar-refractivity contribution in [3.63, 3.8) is 0 Å². The molecule has 13 heavy (non-hydrogen) atoms. The quantitative estimate of drug-likeness (QED) is 0.609. The Labute approximate surface area is 76.8 Å². The third kappa shape index (κ3) is 11.0. The average molecular weight is 190 g/mol. The summed E-state index contributed by atoms with van der Waals surface area (Å²) in [6, 6.07) is 0. The van der Waals surface area contributed by atoms with Gasteiger partial charge >= 0.3 is 0 Å². The van der Waals surface area contributed by atoms with Gasteiger partial charge in [0.2, 0.25) is 0 Å². The van der Waals surface area contributed by atoms with E-state index in [4.69, 9.17) is 10.2 Å². The van der Waals surface area contributed by atoms with Gasteiger partial charge in [-0.2, -0.15) is 0 Å². The minimum absolute atomic E-state index is 0.0278. The molecule has 0 saturated heterocycles. The Balaban J connectivity index is 0.000000223. The molecule has 0 radical (unpaired) electrons. The van der Waals surface area contributed by atoms with Crippen LogP contribution in [0.15, 0.2) is 25.0 Å². The zero-order valence-corrected chi connectivity index (χ0v) is 7.26. The Hall–Kier alpha value is -1.04. The van der Waals surface area contributed by atoms with Gasteiger partial charge in [0.05, 0.1) is 26.4 Å². The normalized spacial score (nSPS) is 12.5. The number of rotatable bonds is 4. The summed E-state index contributed by atoms with van der Waals surface area (Å²) >= 11 is 0. The lowest BCUT2D eigenvalue weighted by molar-refractivity contribution is 0.0650. The average Bonchev–Trinajstić information content (AvgIpc) is 2.22. The van der Waals surface area contributed by atoms with Crippen molar-refractivity contribution < 1.29 is 24.4 Å². The van der Waals surface area contributed by atoms with Crippen LogP contribution < -0.4 is 0 Å².